The number of methoxy groups -OCH3 is 1. The van der Waals surface area contributed by atoms with Gasteiger partial charge < -0.3 is 4.74 Å². The van der Waals surface area contributed by atoms with Crippen molar-refractivity contribution in [2.24, 2.45) is 0 Å². The van der Waals surface area contributed by atoms with Gasteiger partial charge >= 0.3 is 10.1 Å². The van der Waals surface area contributed by atoms with Gasteiger partial charge in [0.1, 0.15) is 10.6 Å². The van der Waals surface area contributed by atoms with Crippen LogP contribution < -0.4 is 4.74 Å². The Balaban J connectivity index is 2.33. The van der Waals surface area contributed by atoms with Gasteiger partial charge in [0.15, 0.2) is 0 Å². The fourth-order valence-electron chi connectivity index (χ4n) is 2.12. The molecule has 0 amide bonds. The summed E-state index contributed by atoms with van der Waals surface area (Å²) < 4.78 is 34.3. The summed E-state index contributed by atoms with van der Waals surface area (Å²) in [5.74, 6) is 0.317. The predicted octanol–water partition coefficient (Wildman–Crippen LogP) is 4.15. The normalized spacial score (nSPS) is 11.5. The number of hydrogen-bond donors (Lipinski definition) is 0. The minimum absolute atomic E-state index is 0.0930. The minimum Gasteiger partial charge on any atom is -0.495 e. The molecule has 0 unspecified atom stereocenters. The minimum atomic E-state index is -3.73. The second-order valence-electron chi connectivity index (χ2n) is 5.05. The third-order valence-corrected chi connectivity index (χ3v) is 4.68. The summed E-state index contributed by atoms with van der Waals surface area (Å²) in [7, 11) is -2.28. The quantitative estimate of drug-likeness (QED) is 0.455. The van der Waals surface area contributed by atoms with Gasteiger partial charge in [-0.1, -0.05) is 57.6 Å². The van der Waals surface area contributed by atoms with Crippen molar-refractivity contribution in [3.05, 3.63) is 24.3 Å². The van der Waals surface area contributed by atoms with Gasteiger partial charge in [-0.15, -0.1) is 0 Å². The highest BCUT2D eigenvalue weighted by molar-refractivity contribution is 7.86. The Morgan fingerprint density at radius 3 is 2.24 bits per heavy atom. The van der Waals surface area contributed by atoms with Crippen molar-refractivity contribution < 1.29 is 17.3 Å². The number of hydrogen-bond acceptors (Lipinski definition) is 4. The van der Waals surface area contributed by atoms with Gasteiger partial charge in [-0.3, -0.25) is 4.18 Å². The molecule has 1 rings (SSSR count). The van der Waals surface area contributed by atoms with E-state index in [1.54, 1.807) is 18.2 Å². The van der Waals surface area contributed by atoms with Crippen molar-refractivity contribution in [2.75, 3.05) is 13.7 Å². The zero-order chi connectivity index (χ0) is 15.6. The van der Waals surface area contributed by atoms with Crippen LogP contribution in [0.5, 0.6) is 5.75 Å². The van der Waals surface area contributed by atoms with Crippen molar-refractivity contribution in [2.45, 2.75) is 56.8 Å². The molecule has 0 radical (unpaired) electrons. The second-order valence-corrected chi connectivity index (χ2v) is 6.63. The third kappa shape index (κ3) is 6.48. The monoisotopic (exact) mass is 314 g/mol. The molecule has 21 heavy (non-hydrogen) atoms. The maximum absolute atomic E-state index is 12.1. The van der Waals surface area contributed by atoms with Gasteiger partial charge in [0.25, 0.3) is 0 Å². The Morgan fingerprint density at radius 1 is 0.952 bits per heavy atom. The molecule has 120 valence electrons. The zero-order valence-corrected chi connectivity index (χ0v) is 13.8. The van der Waals surface area contributed by atoms with Gasteiger partial charge in [-0.2, -0.15) is 8.42 Å². The SMILES string of the molecule is CCCCCCCCCOS(=O)(=O)c1ccccc1OC. The van der Waals surface area contributed by atoms with Crippen LogP contribution in [0.4, 0.5) is 0 Å². The number of unbranched alkanes of at least 4 members (excludes halogenated alkanes) is 6. The Kier molecular flexibility index (Phi) is 8.38. The molecule has 0 aliphatic rings. The van der Waals surface area contributed by atoms with Crippen molar-refractivity contribution in [1.29, 1.82) is 0 Å². The van der Waals surface area contributed by atoms with Crippen LogP contribution in [-0.2, 0) is 14.3 Å². The average Bonchev–Trinajstić information content (AvgIpc) is 2.50. The van der Waals surface area contributed by atoms with Crippen molar-refractivity contribution in [1.82, 2.24) is 0 Å². The highest BCUT2D eigenvalue weighted by Gasteiger charge is 2.19. The van der Waals surface area contributed by atoms with Crippen molar-refractivity contribution in [3.8, 4) is 5.75 Å². The van der Waals surface area contributed by atoms with E-state index in [1.807, 2.05) is 0 Å². The van der Waals surface area contributed by atoms with Gasteiger partial charge in [0, 0.05) is 0 Å². The van der Waals surface area contributed by atoms with E-state index in [0.717, 1.165) is 19.3 Å². The van der Waals surface area contributed by atoms with E-state index in [4.69, 9.17) is 8.92 Å². The molecule has 0 saturated heterocycles. The smallest absolute Gasteiger partial charge is 0.300 e. The molecule has 0 saturated carbocycles. The molecule has 0 fully saturated rings. The van der Waals surface area contributed by atoms with Crippen LogP contribution in [0, 0.1) is 0 Å². The molecular weight excluding hydrogens is 288 g/mol. The summed E-state index contributed by atoms with van der Waals surface area (Å²) in [6.45, 7) is 2.42. The largest absolute Gasteiger partial charge is 0.495 e. The fraction of sp³-hybridized carbons (Fsp3) is 0.625. The van der Waals surface area contributed by atoms with Crippen LogP contribution in [0.25, 0.3) is 0 Å². The highest BCUT2D eigenvalue weighted by Crippen LogP contribution is 2.24. The van der Waals surface area contributed by atoms with Gasteiger partial charge in [-0.05, 0) is 18.6 Å². The standard InChI is InChI=1S/C16H26O4S/c1-3-4-5-6-7-8-11-14-20-21(17,18)16-13-10-9-12-15(16)19-2/h9-10,12-13H,3-8,11,14H2,1-2H3. The lowest BCUT2D eigenvalue weighted by Crippen LogP contribution is -2.09. The van der Waals surface area contributed by atoms with Gasteiger partial charge in [0.05, 0.1) is 13.7 Å². The lowest BCUT2D eigenvalue weighted by atomic mass is 10.1. The van der Waals surface area contributed by atoms with Crippen LogP contribution in [0.15, 0.2) is 29.2 Å². The van der Waals surface area contributed by atoms with Crippen molar-refractivity contribution >= 4 is 10.1 Å². The summed E-state index contributed by atoms with van der Waals surface area (Å²) in [5.41, 5.74) is 0. The molecule has 0 spiro atoms. The Labute approximate surface area is 128 Å². The van der Waals surface area contributed by atoms with E-state index in [9.17, 15) is 8.42 Å². The Hall–Kier alpha value is -1.07. The summed E-state index contributed by atoms with van der Waals surface area (Å²) in [6.07, 6.45) is 7.90. The molecule has 1 aromatic rings. The molecule has 0 heterocycles. The maximum atomic E-state index is 12.1. The number of rotatable bonds is 11. The molecule has 0 aliphatic heterocycles. The topological polar surface area (TPSA) is 52.6 Å². The Bertz CT molecular complexity index is 497. The number of benzene rings is 1. The zero-order valence-electron chi connectivity index (χ0n) is 13.0. The van der Waals surface area contributed by atoms with E-state index >= 15 is 0 Å². The molecule has 0 bridgehead atoms. The molecule has 1 aromatic carbocycles. The lowest BCUT2D eigenvalue weighted by Gasteiger charge is -2.09. The number of para-hydroxylation sites is 1. The number of ether oxygens (including phenoxy) is 1. The summed E-state index contributed by atoms with van der Waals surface area (Å²) in [5, 5.41) is 0. The molecule has 0 aliphatic carbocycles. The van der Waals surface area contributed by atoms with E-state index in [2.05, 4.69) is 6.92 Å². The summed E-state index contributed by atoms with van der Waals surface area (Å²) >= 11 is 0. The first-order valence-electron chi connectivity index (χ1n) is 7.64. The summed E-state index contributed by atoms with van der Waals surface area (Å²) in [4.78, 5) is 0.0930. The average molecular weight is 314 g/mol. The fourth-order valence-corrected chi connectivity index (χ4v) is 3.22. The van der Waals surface area contributed by atoms with E-state index in [0.29, 0.717) is 5.75 Å². The van der Waals surface area contributed by atoms with E-state index in [-0.39, 0.29) is 11.5 Å². The molecule has 0 atom stereocenters. The molecule has 0 N–H and O–H groups in total. The highest BCUT2D eigenvalue weighted by atomic mass is 32.2. The van der Waals surface area contributed by atoms with Crippen LogP contribution in [0.3, 0.4) is 0 Å². The van der Waals surface area contributed by atoms with Gasteiger partial charge in [0.2, 0.25) is 0 Å². The predicted molar refractivity (Wildman–Crippen MR) is 84.1 cm³/mol. The van der Waals surface area contributed by atoms with Crippen LogP contribution in [0.2, 0.25) is 0 Å². The molecule has 4 nitrogen and oxygen atoms in total. The van der Waals surface area contributed by atoms with Crippen LogP contribution >= 0.6 is 0 Å². The Morgan fingerprint density at radius 2 is 1.57 bits per heavy atom. The molecular formula is C16H26O4S. The second kappa shape index (κ2) is 9.79. The first-order chi connectivity index (χ1) is 10.1. The first kappa shape index (κ1) is 18.0. The molecule has 0 aromatic heterocycles. The van der Waals surface area contributed by atoms with E-state index in [1.165, 1.54) is 38.9 Å². The third-order valence-electron chi connectivity index (χ3n) is 3.32. The first-order valence-corrected chi connectivity index (χ1v) is 9.05. The van der Waals surface area contributed by atoms with Crippen molar-refractivity contribution in [3.63, 3.8) is 0 Å². The maximum Gasteiger partial charge on any atom is 0.300 e. The van der Waals surface area contributed by atoms with Gasteiger partial charge in [-0.25, -0.2) is 0 Å². The van der Waals surface area contributed by atoms with E-state index < -0.39 is 10.1 Å². The lowest BCUT2D eigenvalue weighted by molar-refractivity contribution is 0.303. The summed E-state index contributed by atoms with van der Waals surface area (Å²) in [6, 6.07) is 6.50. The van der Waals surface area contributed by atoms with Crippen LogP contribution in [0.1, 0.15) is 51.9 Å². The molecule has 5 heteroatoms. The van der Waals surface area contributed by atoms with Crippen LogP contribution in [-0.4, -0.2) is 22.1 Å².